The third kappa shape index (κ3) is 4.91. The topological polar surface area (TPSA) is 103 Å². The van der Waals surface area contributed by atoms with E-state index in [0.717, 1.165) is 76.2 Å². The van der Waals surface area contributed by atoms with Crippen LogP contribution in [0.5, 0.6) is 0 Å². The molecule has 3 aliphatic rings. The molecule has 6 rings (SSSR count). The van der Waals surface area contributed by atoms with Gasteiger partial charge in [0.15, 0.2) is 0 Å². The Balaban J connectivity index is 0.951. The maximum atomic E-state index is 12.8. The average molecular weight is 473 g/mol. The Morgan fingerprint density at radius 3 is 2.54 bits per heavy atom. The summed E-state index contributed by atoms with van der Waals surface area (Å²) in [6, 6.07) is 8.98. The van der Waals surface area contributed by atoms with Gasteiger partial charge < -0.3 is 10.2 Å². The maximum Gasteiger partial charge on any atom is 0.223 e. The second kappa shape index (κ2) is 9.73. The van der Waals surface area contributed by atoms with E-state index in [2.05, 4.69) is 59.9 Å². The van der Waals surface area contributed by atoms with Gasteiger partial charge in [-0.15, -0.1) is 5.10 Å². The van der Waals surface area contributed by atoms with Gasteiger partial charge in [0.25, 0.3) is 0 Å². The SMILES string of the molecule is O=C(CCN1CCc2[nH]nnc2C1)N1CCC(c2cnc(NC3Cc4ccccc4C3)nc2)CC1. The van der Waals surface area contributed by atoms with Gasteiger partial charge in [0.05, 0.1) is 11.4 Å². The highest BCUT2D eigenvalue weighted by Crippen LogP contribution is 2.28. The van der Waals surface area contributed by atoms with E-state index < -0.39 is 0 Å². The number of piperidine rings is 1. The predicted molar refractivity (Wildman–Crippen MR) is 132 cm³/mol. The monoisotopic (exact) mass is 472 g/mol. The van der Waals surface area contributed by atoms with E-state index in [9.17, 15) is 4.79 Å². The second-order valence-corrected chi connectivity index (χ2v) is 10.0. The van der Waals surface area contributed by atoms with Crippen LogP contribution < -0.4 is 5.32 Å². The molecule has 1 amide bonds. The number of benzene rings is 1. The third-order valence-electron chi connectivity index (χ3n) is 7.77. The molecule has 3 aromatic rings. The van der Waals surface area contributed by atoms with E-state index in [-0.39, 0.29) is 5.91 Å². The lowest BCUT2D eigenvalue weighted by Crippen LogP contribution is -2.40. The van der Waals surface area contributed by atoms with Crippen LogP contribution in [0.3, 0.4) is 0 Å². The first kappa shape index (κ1) is 22.2. The maximum absolute atomic E-state index is 12.8. The molecule has 0 atom stereocenters. The summed E-state index contributed by atoms with van der Waals surface area (Å²) >= 11 is 0. The van der Waals surface area contributed by atoms with E-state index in [4.69, 9.17) is 0 Å². The first-order valence-corrected chi connectivity index (χ1v) is 12.8. The Hall–Kier alpha value is -3.33. The van der Waals surface area contributed by atoms with Crippen LogP contribution in [-0.4, -0.2) is 73.3 Å². The highest BCUT2D eigenvalue weighted by atomic mass is 16.2. The predicted octanol–water partition coefficient (Wildman–Crippen LogP) is 2.33. The number of carbonyl (C=O) groups is 1. The number of carbonyl (C=O) groups excluding carboxylic acids is 1. The Kier molecular flexibility index (Phi) is 6.16. The summed E-state index contributed by atoms with van der Waals surface area (Å²) in [5.74, 6) is 1.37. The standard InChI is InChI=1S/C26H32N8O/c35-25(8-10-33-9-7-23-24(17-33)31-32-30-23)34-11-5-18(6-12-34)21-15-27-26(28-16-21)29-22-13-19-3-1-2-4-20(19)14-22/h1-4,15-16,18,22H,5-14,17H2,(H,27,28,29)(H,30,31,32). The smallest absolute Gasteiger partial charge is 0.223 e. The fourth-order valence-electron chi connectivity index (χ4n) is 5.69. The van der Waals surface area contributed by atoms with Crippen molar-refractivity contribution in [2.24, 2.45) is 0 Å². The fraction of sp³-hybridized carbons (Fsp3) is 0.500. The lowest BCUT2D eigenvalue weighted by Gasteiger charge is -2.33. The van der Waals surface area contributed by atoms with Gasteiger partial charge in [-0.2, -0.15) is 0 Å². The molecule has 9 heteroatoms. The molecule has 1 fully saturated rings. The summed E-state index contributed by atoms with van der Waals surface area (Å²) in [5.41, 5.74) is 6.16. The number of aromatic amines is 1. The number of nitrogens with zero attached hydrogens (tertiary/aromatic N) is 6. The van der Waals surface area contributed by atoms with E-state index >= 15 is 0 Å². The minimum absolute atomic E-state index is 0.253. The quantitative estimate of drug-likeness (QED) is 0.568. The number of amides is 1. The van der Waals surface area contributed by atoms with E-state index in [1.54, 1.807) is 0 Å². The summed E-state index contributed by atoms with van der Waals surface area (Å²) < 4.78 is 0. The number of hydrogen-bond donors (Lipinski definition) is 2. The largest absolute Gasteiger partial charge is 0.351 e. The highest BCUT2D eigenvalue weighted by molar-refractivity contribution is 5.76. The normalized spacial score (nSPS) is 18.9. The molecule has 2 aromatic heterocycles. The van der Waals surface area contributed by atoms with Gasteiger partial charge in [0, 0.05) is 64.0 Å². The lowest BCUT2D eigenvalue weighted by molar-refractivity contribution is -0.132. The van der Waals surface area contributed by atoms with Gasteiger partial charge in [0.2, 0.25) is 11.9 Å². The zero-order valence-corrected chi connectivity index (χ0v) is 20.0. The molecule has 1 aliphatic carbocycles. The molecule has 0 saturated carbocycles. The summed E-state index contributed by atoms with van der Waals surface area (Å²) in [5, 5.41) is 14.5. The van der Waals surface area contributed by atoms with Crippen LogP contribution >= 0.6 is 0 Å². The molecule has 2 aliphatic heterocycles. The molecular weight excluding hydrogens is 440 g/mol. The zero-order chi connectivity index (χ0) is 23.6. The van der Waals surface area contributed by atoms with Crippen molar-refractivity contribution in [2.75, 3.05) is 31.5 Å². The molecule has 0 unspecified atom stereocenters. The summed E-state index contributed by atoms with van der Waals surface area (Å²) in [6.45, 7) is 4.11. The fourth-order valence-corrected chi connectivity index (χ4v) is 5.69. The molecule has 182 valence electrons. The number of rotatable bonds is 6. The molecule has 35 heavy (non-hydrogen) atoms. The van der Waals surface area contributed by atoms with Crippen LogP contribution in [0.4, 0.5) is 5.95 Å². The Morgan fingerprint density at radius 1 is 1.06 bits per heavy atom. The molecule has 1 aromatic carbocycles. The lowest BCUT2D eigenvalue weighted by atomic mass is 9.91. The Morgan fingerprint density at radius 2 is 1.80 bits per heavy atom. The number of aromatic nitrogens is 5. The third-order valence-corrected chi connectivity index (χ3v) is 7.77. The minimum atomic E-state index is 0.253. The van der Waals surface area contributed by atoms with Crippen molar-refractivity contribution in [3.63, 3.8) is 0 Å². The number of anilines is 1. The van der Waals surface area contributed by atoms with Crippen LogP contribution in [-0.2, 0) is 30.6 Å². The van der Waals surface area contributed by atoms with E-state index in [1.165, 1.54) is 16.7 Å². The number of nitrogens with one attached hydrogen (secondary N) is 2. The van der Waals surface area contributed by atoms with Crippen LogP contribution in [0.1, 0.15) is 53.3 Å². The van der Waals surface area contributed by atoms with Crippen molar-refractivity contribution in [1.82, 2.24) is 35.2 Å². The Labute approximate surface area is 205 Å². The molecule has 2 N–H and O–H groups in total. The van der Waals surface area contributed by atoms with E-state index in [1.807, 2.05) is 17.3 Å². The average Bonchev–Trinajstić information content (AvgIpc) is 3.54. The summed E-state index contributed by atoms with van der Waals surface area (Å²) in [7, 11) is 0. The first-order chi connectivity index (χ1) is 17.2. The second-order valence-electron chi connectivity index (χ2n) is 10.0. The molecule has 9 nitrogen and oxygen atoms in total. The van der Waals surface area contributed by atoms with E-state index in [0.29, 0.717) is 24.3 Å². The molecule has 0 spiro atoms. The Bertz CT molecular complexity index is 1140. The van der Waals surface area contributed by atoms with Crippen LogP contribution in [0, 0.1) is 0 Å². The molecular formula is C26H32N8O. The number of fused-ring (bicyclic) bond motifs is 2. The van der Waals surface area contributed by atoms with Gasteiger partial charge >= 0.3 is 0 Å². The molecule has 0 bridgehead atoms. The van der Waals surface area contributed by atoms with Gasteiger partial charge in [0.1, 0.15) is 0 Å². The number of H-pyrrole nitrogens is 1. The van der Waals surface area contributed by atoms with Crippen molar-refractivity contribution < 1.29 is 4.79 Å². The number of likely N-dealkylation sites (tertiary alicyclic amines) is 1. The number of hydrogen-bond acceptors (Lipinski definition) is 7. The van der Waals surface area contributed by atoms with Gasteiger partial charge in [-0.3, -0.25) is 14.8 Å². The van der Waals surface area contributed by atoms with Gasteiger partial charge in [-0.05, 0) is 48.3 Å². The van der Waals surface area contributed by atoms with Crippen LogP contribution in [0.15, 0.2) is 36.7 Å². The molecule has 4 heterocycles. The molecule has 0 radical (unpaired) electrons. The summed E-state index contributed by atoms with van der Waals surface area (Å²) in [6.07, 6.45) is 9.39. The minimum Gasteiger partial charge on any atom is -0.351 e. The van der Waals surface area contributed by atoms with Crippen molar-refractivity contribution in [1.29, 1.82) is 0 Å². The van der Waals surface area contributed by atoms with Crippen molar-refractivity contribution >= 4 is 11.9 Å². The van der Waals surface area contributed by atoms with Crippen LogP contribution in [0.25, 0.3) is 0 Å². The van der Waals surface area contributed by atoms with Crippen molar-refractivity contribution in [3.8, 4) is 0 Å². The van der Waals surface area contributed by atoms with Crippen LogP contribution in [0.2, 0.25) is 0 Å². The highest BCUT2D eigenvalue weighted by Gasteiger charge is 2.26. The van der Waals surface area contributed by atoms with Gasteiger partial charge in [-0.1, -0.05) is 29.5 Å². The first-order valence-electron chi connectivity index (χ1n) is 12.8. The van der Waals surface area contributed by atoms with Gasteiger partial charge in [-0.25, -0.2) is 9.97 Å². The molecule has 1 saturated heterocycles. The summed E-state index contributed by atoms with van der Waals surface area (Å²) in [4.78, 5) is 26.3. The van der Waals surface area contributed by atoms with Crippen molar-refractivity contribution in [3.05, 3.63) is 64.7 Å². The van der Waals surface area contributed by atoms with Crippen molar-refractivity contribution in [2.45, 2.75) is 57.0 Å². The zero-order valence-electron chi connectivity index (χ0n) is 20.0.